The Morgan fingerprint density at radius 1 is 1.10 bits per heavy atom. The molecule has 4 rings (SSSR count). The molecule has 1 amide bonds. The number of benzene rings is 3. The summed E-state index contributed by atoms with van der Waals surface area (Å²) in [4.78, 5) is 24.4. The van der Waals surface area contributed by atoms with Crippen LogP contribution < -0.4 is 0 Å². The summed E-state index contributed by atoms with van der Waals surface area (Å²) in [5.74, 6) is 0.294. The standard InChI is InChI=1S/C21H16N4O3S/c26-20-14-29-21(23-22-12-15-5-3-9-18(11-15)25(27)28)24(20)13-17-8-4-7-16-6-1-2-10-19(16)17/h1-12H,13-14H2/b22-12-,23-21+. The molecule has 0 spiro atoms. The van der Waals surface area contributed by atoms with E-state index in [9.17, 15) is 14.9 Å². The average Bonchev–Trinajstić information content (AvgIpc) is 3.08. The van der Waals surface area contributed by atoms with Crippen LogP contribution in [0.15, 0.2) is 76.9 Å². The van der Waals surface area contributed by atoms with Crippen molar-refractivity contribution in [1.29, 1.82) is 0 Å². The normalized spacial score (nSPS) is 15.7. The summed E-state index contributed by atoms with van der Waals surface area (Å²) in [5, 5.41) is 21.8. The Morgan fingerprint density at radius 3 is 2.76 bits per heavy atom. The van der Waals surface area contributed by atoms with E-state index < -0.39 is 4.92 Å². The summed E-state index contributed by atoms with van der Waals surface area (Å²) >= 11 is 1.33. The highest BCUT2D eigenvalue weighted by molar-refractivity contribution is 8.15. The van der Waals surface area contributed by atoms with Gasteiger partial charge in [0.05, 0.1) is 23.4 Å². The van der Waals surface area contributed by atoms with Gasteiger partial charge in [0, 0.05) is 17.7 Å². The lowest BCUT2D eigenvalue weighted by Crippen LogP contribution is -2.28. The fourth-order valence-corrected chi connectivity index (χ4v) is 3.93. The van der Waals surface area contributed by atoms with Crippen molar-refractivity contribution in [1.82, 2.24) is 4.90 Å². The van der Waals surface area contributed by atoms with Gasteiger partial charge >= 0.3 is 0 Å². The first kappa shape index (κ1) is 18.8. The van der Waals surface area contributed by atoms with Gasteiger partial charge in [-0.3, -0.25) is 19.8 Å². The van der Waals surface area contributed by atoms with Gasteiger partial charge in [-0.15, -0.1) is 5.10 Å². The van der Waals surface area contributed by atoms with Crippen molar-refractivity contribution in [2.24, 2.45) is 10.2 Å². The molecule has 0 saturated carbocycles. The highest BCUT2D eigenvalue weighted by Gasteiger charge is 2.28. The van der Waals surface area contributed by atoms with Gasteiger partial charge in [-0.2, -0.15) is 5.10 Å². The summed E-state index contributed by atoms with van der Waals surface area (Å²) in [6.45, 7) is 0.415. The van der Waals surface area contributed by atoms with Crippen LogP contribution in [-0.2, 0) is 11.3 Å². The molecule has 3 aromatic carbocycles. The largest absolute Gasteiger partial charge is 0.285 e. The number of non-ortho nitro benzene ring substituents is 1. The van der Waals surface area contributed by atoms with Crippen LogP contribution in [-0.4, -0.2) is 32.9 Å². The quantitative estimate of drug-likeness (QED) is 0.362. The van der Waals surface area contributed by atoms with Crippen molar-refractivity contribution in [3.8, 4) is 0 Å². The molecule has 8 heteroatoms. The van der Waals surface area contributed by atoms with Crippen molar-refractivity contribution >= 4 is 45.5 Å². The molecule has 3 aromatic rings. The van der Waals surface area contributed by atoms with Crippen LogP contribution in [0.1, 0.15) is 11.1 Å². The smallest absolute Gasteiger partial charge is 0.270 e. The molecular formula is C21H16N4O3S. The molecule has 1 heterocycles. The van der Waals surface area contributed by atoms with Gasteiger partial charge in [-0.05, 0) is 16.3 Å². The number of amides is 1. The number of nitrogens with zero attached hydrogens (tertiary/aromatic N) is 4. The zero-order valence-electron chi connectivity index (χ0n) is 15.3. The Labute approximate surface area is 170 Å². The number of amidine groups is 1. The Hall–Kier alpha value is -3.52. The molecule has 1 fully saturated rings. The molecule has 144 valence electrons. The first-order valence-corrected chi connectivity index (χ1v) is 9.86. The Morgan fingerprint density at radius 2 is 1.90 bits per heavy atom. The van der Waals surface area contributed by atoms with E-state index in [1.54, 1.807) is 17.0 Å². The van der Waals surface area contributed by atoms with Gasteiger partial charge in [0.25, 0.3) is 5.69 Å². The van der Waals surface area contributed by atoms with E-state index in [0.29, 0.717) is 23.0 Å². The Bertz CT molecular complexity index is 1150. The summed E-state index contributed by atoms with van der Waals surface area (Å²) in [6, 6.07) is 20.2. The molecule has 0 N–H and O–H groups in total. The van der Waals surface area contributed by atoms with E-state index in [1.165, 1.54) is 30.1 Å². The van der Waals surface area contributed by atoms with Gasteiger partial charge < -0.3 is 0 Å². The maximum absolute atomic E-state index is 12.4. The topological polar surface area (TPSA) is 88.2 Å². The van der Waals surface area contributed by atoms with Crippen LogP contribution in [0.2, 0.25) is 0 Å². The minimum absolute atomic E-state index is 0.00963. The van der Waals surface area contributed by atoms with Crippen LogP contribution in [0.3, 0.4) is 0 Å². The highest BCUT2D eigenvalue weighted by atomic mass is 32.2. The van der Waals surface area contributed by atoms with Gasteiger partial charge in [0.2, 0.25) is 5.91 Å². The Kier molecular flexibility index (Phi) is 5.35. The lowest BCUT2D eigenvalue weighted by Gasteiger charge is -2.16. The van der Waals surface area contributed by atoms with E-state index in [-0.39, 0.29) is 11.6 Å². The number of rotatable bonds is 5. The maximum Gasteiger partial charge on any atom is 0.270 e. The van der Waals surface area contributed by atoms with Crippen molar-refractivity contribution in [3.63, 3.8) is 0 Å². The second-order valence-corrected chi connectivity index (χ2v) is 7.33. The van der Waals surface area contributed by atoms with E-state index in [2.05, 4.69) is 10.2 Å². The lowest BCUT2D eigenvalue weighted by atomic mass is 10.0. The van der Waals surface area contributed by atoms with Crippen molar-refractivity contribution < 1.29 is 9.72 Å². The predicted molar refractivity (Wildman–Crippen MR) is 115 cm³/mol. The van der Waals surface area contributed by atoms with E-state index >= 15 is 0 Å². The Balaban J connectivity index is 1.56. The fraction of sp³-hybridized carbons (Fsp3) is 0.0952. The zero-order chi connectivity index (χ0) is 20.2. The third kappa shape index (κ3) is 4.17. The summed E-state index contributed by atoms with van der Waals surface area (Å²) in [6.07, 6.45) is 1.44. The molecule has 0 radical (unpaired) electrons. The van der Waals surface area contributed by atoms with Gasteiger partial charge in [0.1, 0.15) is 0 Å². The number of fused-ring (bicyclic) bond motifs is 1. The minimum Gasteiger partial charge on any atom is -0.285 e. The number of hydrogen-bond acceptors (Lipinski definition) is 6. The highest BCUT2D eigenvalue weighted by Crippen LogP contribution is 2.25. The summed E-state index contributed by atoms with van der Waals surface area (Å²) in [5.41, 5.74) is 1.59. The maximum atomic E-state index is 12.4. The van der Waals surface area contributed by atoms with E-state index in [0.717, 1.165) is 16.3 Å². The third-order valence-electron chi connectivity index (χ3n) is 4.50. The van der Waals surface area contributed by atoms with E-state index in [1.807, 2.05) is 42.5 Å². The van der Waals surface area contributed by atoms with Gasteiger partial charge in [-0.25, -0.2) is 0 Å². The zero-order valence-corrected chi connectivity index (χ0v) is 16.1. The second kappa shape index (κ2) is 8.24. The van der Waals surface area contributed by atoms with Crippen LogP contribution in [0.5, 0.6) is 0 Å². The fourth-order valence-electron chi connectivity index (χ4n) is 3.09. The molecule has 0 unspecified atom stereocenters. The third-order valence-corrected chi connectivity index (χ3v) is 5.45. The number of carbonyl (C=O) groups is 1. The van der Waals surface area contributed by atoms with Crippen molar-refractivity contribution in [2.75, 3.05) is 5.75 Å². The number of nitro groups is 1. The molecule has 1 saturated heterocycles. The van der Waals surface area contributed by atoms with Crippen molar-refractivity contribution in [3.05, 3.63) is 88.0 Å². The molecule has 0 atom stereocenters. The molecule has 1 aliphatic rings. The molecular weight excluding hydrogens is 388 g/mol. The van der Waals surface area contributed by atoms with Crippen LogP contribution in [0.25, 0.3) is 10.8 Å². The minimum atomic E-state index is -0.458. The lowest BCUT2D eigenvalue weighted by molar-refractivity contribution is -0.384. The number of nitro benzene ring substituents is 1. The number of hydrogen-bond donors (Lipinski definition) is 0. The van der Waals surface area contributed by atoms with Crippen molar-refractivity contribution in [2.45, 2.75) is 6.54 Å². The molecule has 0 aromatic heterocycles. The molecule has 0 bridgehead atoms. The number of thioether (sulfide) groups is 1. The van der Waals surface area contributed by atoms with Crippen LogP contribution in [0.4, 0.5) is 5.69 Å². The predicted octanol–water partition coefficient (Wildman–Crippen LogP) is 4.21. The van der Waals surface area contributed by atoms with Gasteiger partial charge in [-0.1, -0.05) is 66.4 Å². The molecule has 7 nitrogen and oxygen atoms in total. The molecule has 1 aliphatic heterocycles. The molecule has 0 aliphatic carbocycles. The second-order valence-electron chi connectivity index (χ2n) is 6.39. The first-order chi connectivity index (χ1) is 14.1. The van der Waals surface area contributed by atoms with Gasteiger partial charge in [0.15, 0.2) is 5.17 Å². The SMILES string of the molecule is O=C1CS/C(=N/N=C\c2cccc([N+](=O)[O-])c2)N1Cc1cccc2ccccc12. The average molecular weight is 404 g/mol. The first-order valence-electron chi connectivity index (χ1n) is 8.87. The molecule has 29 heavy (non-hydrogen) atoms. The van der Waals surface area contributed by atoms with Crippen LogP contribution in [0, 0.1) is 10.1 Å². The van der Waals surface area contributed by atoms with Crippen LogP contribution >= 0.6 is 11.8 Å². The number of carbonyl (C=O) groups excluding carboxylic acids is 1. The monoisotopic (exact) mass is 404 g/mol. The summed E-state index contributed by atoms with van der Waals surface area (Å²) < 4.78 is 0. The summed E-state index contributed by atoms with van der Waals surface area (Å²) in [7, 11) is 0. The van der Waals surface area contributed by atoms with E-state index in [4.69, 9.17) is 0 Å².